The number of piperidine rings is 1. The molecule has 1 fully saturated rings. The quantitative estimate of drug-likeness (QED) is 0.438. The fraction of sp³-hybridized carbons (Fsp3) is 0.519. The van der Waals surface area contributed by atoms with E-state index in [4.69, 9.17) is 11.6 Å². The SMILES string of the molecule is CC(C)N(CCC(C#N)(CCN1CCCCC1)c1ccccc1Cl)Cc1ccccc1. The molecule has 3 rings (SSSR count). The van der Waals surface area contributed by atoms with Gasteiger partial charge in [-0.15, -0.1) is 0 Å². The van der Waals surface area contributed by atoms with Crippen molar-refractivity contribution in [2.75, 3.05) is 26.2 Å². The van der Waals surface area contributed by atoms with E-state index in [1.807, 2.05) is 18.2 Å². The van der Waals surface area contributed by atoms with Crippen LogP contribution in [0, 0.1) is 11.3 Å². The Balaban J connectivity index is 1.79. The zero-order valence-corrected chi connectivity index (χ0v) is 19.8. The molecular weight excluding hydrogens is 402 g/mol. The fourth-order valence-corrected chi connectivity index (χ4v) is 4.94. The molecule has 166 valence electrons. The van der Waals surface area contributed by atoms with Crippen molar-refractivity contribution in [2.45, 2.75) is 64.0 Å². The number of likely N-dealkylation sites (tertiary alicyclic amines) is 1. The molecule has 2 aromatic rings. The van der Waals surface area contributed by atoms with Crippen LogP contribution in [0.25, 0.3) is 0 Å². The Kier molecular flexibility index (Phi) is 8.96. The van der Waals surface area contributed by atoms with Crippen LogP contribution in [0.2, 0.25) is 5.02 Å². The van der Waals surface area contributed by atoms with Crippen molar-refractivity contribution < 1.29 is 0 Å². The van der Waals surface area contributed by atoms with Crippen molar-refractivity contribution in [3.8, 4) is 6.07 Å². The minimum absolute atomic E-state index is 0.407. The first kappa shape index (κ1) is 23.8. The Hall–Kier alpha value is -1.86. The number of nitriles is 1. The lowest BCUT2D eigenvalue weighted by molar-refractivity contribution is 0.180. The van der Waals surface area contributed by atoms with Gasteiger partial charge in [-0.1, -0.05) is 66.6 Å². The van der Waals surface area contributed by atoms with Gasteiger partial charge in [0.25, 0.3) is 0 Å². The molecule has 4 heteroatoms. The lowest BCUT2D eigenvalue weighted by atomic mass is 9.75. The van der Waals surface area contributed by atoms with E-state index in [-0.39, 0.29) is 0 Å². The Morgan fingerprint density at radius 3 is 2.32 bits per heavy atom. The number of rotatable bonds is 10. The summed E-state index contributed by atoms with van der Waals surface area (Å²) < 4.78 is 0. The highest BCUT2D eigenvalue weighted by atomic mass is 35.5. The van der Waals surface area contributed by atoms with E-state index in [0.717, 1.165) is 51.1 Å². The van der Waals surface area contributed by atoms with Gasteiger partial charge in [0.2, 0.25) is 0 Å². The van der Waals surface area contributed by atoms with Crippen LogP contribution in [0.15, 0.2) is 54.6 Å². The van der Waals surface area contributed by atoms with Crippen molar-refractivity contribution in [3.05, 3.63) is 70.7 Å². The topological polar surface area (TPSA) is 30.3 Å². The van der Waals surface area contributed by atoms with Gasteiger partial charge in [0.15, 0.2) is 0 Å². The molecule has 1 aliphatic heterocycles. The zero-order chi connectivity index (χ0) is 22.1. The lowest BCUT2D eigenvalue weighted by Crippen LogP contribution is -2.39. The van der Waals surface area contributed by atoms with Crippen molar-refractivity contribution in [3.63, 3.8) is 0 Å². The monoisotopic (exact) mass is 437 g/mol. The second-order valence-electron chi connectivity index (χ2n) is 9.13. The van der Waals surface area contributed by atoms with Crippen LogP contribution in [-0.4, -0.2) is 42.0 Å². The molecule has 0 saturated carbocycles. The molecule has 3 nitrogen and oxygen atoms in total. The first-order valence-electron chi connectivity index (χ1n) is 11.7. The van der Waals surface area contributed by atoms with Crippen molar-refractivity contribution >= 4 is 11.6 Å². The van der Waals surface area contributed by atoms with Crippen molar-refractivity contribution in [2.24, 2.45) is 0 Å². The van der Waals surface area contributed by atoms with Gasteiger partial charge >= 0.3 is 0 Å². The Bertz CT molecular complexity index is 839. The van der Waals surface area contributed by atoms with Crippen LogP contribution >= 0.6 is 11.6 Å². The Morgan fingerprint density at radius 1 is 1.00 bits per heavy atom. The van der Waals surface area contributed by atoms with Crippen LogP contribution in [0.1, 0.15) is 57.1 Å². The minimum Gasteiger partial charge on any atom is -0.303 e. The molecule has 0 amide bonds. The summed E-state index contributed by atoms with van der Waals surface area (Å²) in [4.78, 5) is 5.00. The van der Waals surface area contributed by atoms with Gasteiger partial charge in [-0.3, -0.25) is 4.90 Å². The predicted molar refractivity (Wildman–Crippen MR) is 130 cm³/mol. The van der Waals surface area contributed by atoms with Crippen LogP contribution in [0.4, 0.5) is 0 Å². The van der Waals surface area contributed by atoms with Gasteiger partial charge in [-0.2, -0.15) is 5.26 Å². The Morgan fingerprint density at radius 2 is 1.68 bits per heavy atom. The van der Waals surface area contributed by atoms with E-state index in [9.17, 15) is 5.26 Å². The summed E-state index contributed by atoms with van der Waals surface area (Å²) in [5.41, 5.74) is 1.73. The van der Waals surface area contributed by atoms with E-state index < -0.39 is 5.41 Å². The van der Waals surface area contributed by atoms with Gasteiger partial charge in [0, 0.05) is 24.2 Å². The predicted octanol–water partition coefficient (Wildman–Crippen LogP) is 6.28. The van der Waals surface area contributed by atoms with Gasteiger partial charge in [0.05, 0.1) is 11.5 Å². The summed E-state index contributed by atoms with van der Waals surface area (Å²) in [6.45, 7) is 9.49. The number of benzene rings is 2. The maximum atomic E-state index is 10.5. The third-order valence-corrected chi connectivity index (χ3v) is 7.02. The third kappa shape index (κ3) is 6.56. The maximum Gasteiger partial charge on any atom is 0.0861 e. The van der Waals surface area contributed by atoms with Crippen molar-refractivity contribution in [1.29, 1.82) is 5.26 Å². The summed E-state index contributed by atoms with van der Waals surface area (Å²) in [5.74, 6) is 0. The molecule has 0 aromatic heterocycles. The number of halogens is 1. The van der Waals surface area contributed by atoms with Crippen molar-refractivity contribution in [1.82, 2.24) is 9.80 Å². The molecule has 0 spiro atoms. The molecular formula is C27H36ClN3. The second-order valence-corrected chi connectivity index (χ2v) is 9.53. The standard InChI is InChI=1S/C27H36ClN3/c1-23(2)31(21-24-11-5-3-6-12-24)20-16-27(22-29,25-13-7-8-14-26(25)28)15-19-30-17-9-4-10-18-30/h3,5-8,11-14,23H,4,9-10,15-21H2,1-2H3. The van der Waals surface area contributed by atoms with Gasteiger partial charge < -0.3 is 4.90 Å². The Labute approximate surface area is 193 Å². The highest BCUT2D eigenvalue weighted by molar-refractivity contribution is 6.31. The van der Waals surface area contributed by atoms with E-state index in [0.29, 0.717) is 11.1 Å². The molecule has 1 unspecified atom stereocenters. The number of hydrogen-bond acceptors (Lipinski definition) is 3. The summed E-state index contributed by atoms with van der Waals surface area (Å²) in [6, 6.07) is 21.7. The van der Waals surface area contributed by atoms with Crippen LogP contribution in [0.5, 0.6) is 0 Å². The number of nitrogens with zero attached hydrogens (tertiary/aromatic N) is 3. The summed E-state index contributed by atoms with van der Waals surface area (Å²) in [5, 5.41) is 11.2. The van der Waals surface area contributed by atoms with Crippen LogP contribution < -0.4 is 0 Å². The molecule has 2 aromatic carbocycles. The molecule has 0 radical (unpaired) electrons. The third-order valence-electron chi connectivity index (χ3n) is 6.69. The highest BCUT2D eigenvalue weighted by Crippen LogP contribution is 2.37. The molecule has 31 heavy (non-hydrogen) atoms. The largest absolute Gasteiger partial charge is 0.303 e. The summed E-state index contributed by atoms with van der Waals surface area (Å²) in [7, 11) is 0. The lowest BCUT2D eigenvalue weighted by Gasteiger charge is -2.35. The van der Waals surface area contributed by atoms with E-state index in [2.05, 4.69) is 66.1 Å². The summed E-state index contributed by atoms with van der Waals surface area (Å²) in [6.07, 6.45) is 5.47. The first-order chi connectivity index (χ1) is 15.0. The van der Waals surface area contributed by atoms with Crippen LogP contribution in [0.3, 0.4) is 0 Å². The molecule has 1 aliphatic rings. The summed E-state index contributed by atoms with van der Waals surface area (Å²) >= 11 is 6.64. The average molecular weight is 438 g/mol. The minimum atomic E-state index is -0.570. The van der Waals surface area contributed by atoms with E-state index in [1.54, 1.807) is 0 Å². The smallest absolute Gasteiger partial charge is 0.0861 e. The first-order valence-corrected chi connectivity index (χ1v) is 12.1. The van der Waals surface area contributed by atoms with E-state index in [1.165, 1.54) is 24.8 Å². The molecule has 0 aliphatic carbocycles. The molecule has 1 heterocycles. The molecule has 0 N–H and O–H groups in total. The van der Waals surface area contributed by atoms with Crippen LogP contribution in [-0.2, 0) is 12.0 Å². The molecule has 0 bridgehead atoms. The second kappa shape index (κ2) is 11.7. The van der Waals surface area contributed by atoms with Gasteiger partial charge in [0.1, 0.15) is 0 Å². The normalized spacial score (nSPS) is 16.9. The fourth-order valence-electron chi connectivity index (χ4n) is 4.62. The number of hydrogen-bond donors (Lipinski definition) is 0. The zero-order valence-electron chi connectivity index (χ0n) is 19.1. The van der Waals surface area contributed by atoms with Gasteiger partial charge in [-0.05, 0) is 76.4 Å². The maximum absolute atomic E-state index is 10.5. The molecule has 1 atom stereocenters. The van der Waals surface area contributed by atoms with E-state index >= 15 is 0 Å². The highest BCUT2D eigenvalue weighted by Gasteiger charge is 2.35. The average Bonchev–Trinajstić information content (AvgIpc) is 2.80. The molecule has 1 saturated heterocycles. The van der Waals surface area contributed by atoms with Gasteiger partial charge in [-0.25, -0.2) is 0 Å².